The van der Waals surface area contributed by atoms with Crippen molar-refractivity contribution in [2.45, 2.75) is 31.7 Å². The van der Waals surface area contributed by atoms with Crippen molar-refractivity contribution in [1.82, 2.24) is 4.90 Å². The molecule has 1 aromatic rings. The number of rotatable bonds is 4. The van der Waals surface area contributed by atoms with Crippen LogP contribution in [0, 0.1) is 11.6 Å². The first-order chi connectivity index (χ1) is 9.90. The summed E-state index contributed by atoms with van der Waals surface area (Å²) in [4.78, 5) is 24.4. The molecule has 0 aliphatic heterocycles. The highest BCUT2D eigenvalue weighted by Crippen LogP contribution is 2.26. The number of nitrogens with zero attached hydrogens (tertiary/aromatic N) is 1. The Morgan fingerprint density at radius 2 is 1.86 bits per heavy atom. The molecule has 1 aromatic carbocycles. The monoisotopic (exact) mass is 317 g/mol. The molecule has 0 atom stereocenters. The van der Waals surface area contributed by atoms with E-state index in [1.807, 2.05) is 0 Å². The number of carboxylic acid groups (broad SMARTS) is 1. The molecule has 0 bridgehead atoms. The largest absolute Gasteiger partial charge is 0.480 e. The molecule has 0 unspecified atom stereocenters. The molecule has 0 radical (unpaired) electrons. The maximum atomic E-state index is 13.8. The number of halogens is 3. The van der Waals surface area contributed by atoms with Crippen molar-refractivity contribution in [3.8, 4) is 0 Å². The zero-order valence-corrected chi connectivity index (χ0v) is 11.9. The van der Waals surface area contributed by atoms with Crippen molar-refractivity contribution in [3.63, 3.8) is 0 Å². The van der Waals surface area contributed by atoms with Gasteiger partial charge in [-0.2, -0.15) is 0 Å². The van der Waals surface area contributed by atoms with Crippen molar-refractivity contribution in [1.29, 1.82) is 0 Å². The minimum absolute atomic E-state index is 0.258. The van der Waals surface area contributed by atoms with Crippen LogP contribution in [-0.4, -0.2) is 34.5 Å². The Morgan fingerprint density at radius 3 is 2.43 bits per heavy atom. The average Bonchev–Trinajstić information content (AvgIpc) is 2.93. The van der Waals surface area contributed by atoms with Gasteiger partial charge in [0.2, 0.25) is 0 Å². The van der Waals surface area contributed by atoms with Crippen LogP contribution in [0.25, 0.3) is 0 Å². The molecule has 0 saturated heterocycles. The van der Waals surface area contributed by atoms with Crippen LogP contribution in [0.5, 0.6) is 0 Å². The number of hydrogen-bond donors (Lipinski definition) is 1. The summed E-state index contributed by atoms with van der Waals surface area (Å²) in [5.41, 5.74) is -0.495. The number of hydrogen-bond acceptors (Lipinski definition) is 2. The van der Waals surface area contributed by atoms with Gasteiger partial charge in [-0.15, -0.1) is 0 Å². The molecule has 1 fully saturated rings. The van der Waals surface area contributed by atoms with E-state index in [2.05, 4.69) is 0 Å². The Kier molecular flexibility index (Phi) is 4.77. The van der Waals surface area contributed by atoms with Crippen LogP contribution in [0.3, 0.4) is 0 Å². The van der Waals surface area contributed by atoms with Gasteiger partial charge in [-0.3, -0.25) is 9.59 Å². The molecule has 21 heavy (non-hydrogen) atoms. The number of aliphatic carboxylic acids is 1. The molecule has 4 nitrogen and oxygen atoms in total. The molecule has 1 saturated carbocycles. The Morgan fingerprint density at radius 1 is 1.24 bits per heavy atom. The first-order valence-corrected chi connectivity index (χ1v) is 6.95. The predicted octanol–water partition coefficient (Wildman–Crippen LogP) is 3.09. The smallest absolute Gasteiger partial charge is 0.323 e. The van der Waals surface area contributed by atoms with Crippen molar-refractivity contribution in [2.75, 3.05) is 6.54 Å². The van der Waals surface area contributed by atoms with Gasteiger partial charge in [0.15, 0.2) is 0 Å². The maximum Gasteiger partial charge on any atom is 0.323 e. The van der Waals surface area contributed by atoms with E-state index in [0.29, 0.717) is 18.9 Å². The molecular formula is C14H14ClF2NO3. The molecular weight excluding hydrogens is 304 g/mol. The number of carboxylic acids is 1. The lowest BCUT2D eigenvalue weighted by Crippen LogP contribution is -2.42. The number of amides is 1. The molecule has 1 amide bonds. The summed E-state index contributed by atoms with van der Waals surface area (Å²) in [5.74, 6) is -3.88. The summed E-state index contributed by atoms with van der Waals surface area (Å²) in [6, 6.07) is 1.17. The van der Waals surface area contributed by atoms with Gasteiger partial charge in [0, 0.05) is 6.04 Å². The quantitative estimate of drug-likeness (QED) is 0.868. The predicted molar refractivity (Wildman–Crippen MR) is 72.3 cm³/mol. The Labute approximate surface area is 125 Å². The van der Waals surface area contributed by atoms with E-state index in [4.69, 9.17) is 16.7 Å². The van der Waals surface area contributed by atoms with Crippen LogP contribution in [0.2, 0.25) is 5.02 Å². The number of carbonyl (C=O) groups is 2. The average molecular weight is 318 g/mol. The van der Waals surface area contributed by atoms with Crippen molar-refractivity contribution < 1.29 is 23.5 Å². The Bertz CT molecular complexity index is 574. The molecule has 0 heterocycles. The van der Waals surface area contributed by atoms with Crippen molar-refractivity contribution in [3.05, 3.63) is 34.4 Å². The summed E-state index contributed by atoms with van der Waals surface area (Å²) in [7, 11) is 0. The highest BCUT2D eigenvalue weighted by atomic mass is 35.5. The Balaban J connectivity index is 2.33. The van der Waals surface area contributed by atoms with Crippen LogP contribution in [-0.2, 0) is 4.79 Å². The topological polar surface area (TPSA) is 57.6 Å². The van der Waals surface area contributed by atoms with Gasteiger partial charge in [0.25, 0.3) is 5.91 Å². The normalized spacial score (nSPS) is 15.2. The summed E-state index contributed by atoms with van der Waals surface area (Å²) in [6.45, 7) is -0.535. The van der Waals surface area contributed by atoms with Gasteiger partial charge in [0.1, 0.15) is 18.2 Å². The first-order valence-electron chi connectivity index (χ1n) is 6.57. The van der Waals surface area contributed by atoms with Crippen LogP contribution in [0.4, 0.5) is 8.78 Å². The fourth-order valence-corrected chi connectivity index (χ4v) is 2.72. The number of carbonyl (C=O) groups excluding carboxylic acids is 1. The highest BCUT2D eigenvalue weighted by molar-refractivity contribution is 6.30. The minimum Gasteiger partial charge on any atom is -0.480 e. The lowest BCUT2D eigenvalue weighted by Gasteiger charge is -2.27. The van der Waals surface area contributed by atoms with Crippen LogP contribution >= 0.6 is 11.6 Å². The number of benzene rings is 1. The third-order valence-electron chi connectivity index (χ3n) is 3.57. The third kappa shape index (κ3) is 3.50. The lowest BCUT2D eigenvalue weighted by molar-refractivity contribution is -0.138. The second kappa shape index (κ2) is 6.39. The molecule has 114 valence electrons. The van der Waals surface area contributed by atoms with Gasteiger partial charge in [-0.05, 0) is 25.0 Å². The van der Waals surface area contributed by atoms with Gasteiger partial charge in [0.05, 0.1) is 10.6 Å². The molecule has 1 aliphatic rings. The maximum absolute atomic E-state index is 13.8. The van der Waals surface area contributed by atoms with Crippen LogP contribution in [0.1, 0.15) is 36.0 Å². The highest BCUT2D eigenvalue weighted by Gasteiger charge is 2.30. The Hall–Kier alpha value is -1.69. The fraction of sp³-hybridized carbons (Fsp3) is 0.429. The SMILES string of the molecule is O=C(O)CN(C(=O)c1cc(F)c(Cl)cc1F)C1CCCC1. The molecule has 1 N–H and O–H groups in total. The van der Waals surface area contributed by atoms with Crippen molar-refractivity contribution >= 4 is 23.5 Å². The first kappa shape index (κ1) is 15.7. The molecule has 1 aliphatic carbocycles. The van der Waals surface area contributed by atoms with Gasteiger partial charge in [-0.1, -0.05) is 24.4 Å². The summed E-state index contributed by atoms with van der Waals surface area (Å²) in [5, 5.41) is 8.50. The summed E-state index contributed by atoms with van der Waals surface area (Å²) < 4.78 is 27.3. The van der Waals surface area contributed by atoms with Crippen LogP contribution < -0.4 is 0 Å². The summed E-state index contributed by atoms with van der Waals surface area (Å²) >= 11 is 5.45. The van der Waals surface area contributed by atoms with E-state index in [1.54, 1.807) is 0 Å². The molecule has 7 heteroatoms. The van der Waals surface area contributed by atoms with E-state index in [1.165, 1.54) is 0 Å². The van der Waals surface area contributed by atoms with E-state index < -0.39 is 40.6 Å². The van der Waals surface area contributed by atoms with Crippen molar-refractivity contribution in [2.24, 2.45) is 0 Å². The van der Waals surface area contributed by atoms with Gasteiger partial charge in [-0.25, -0.2) is 8.78 Å². The van der Waals surface area contributed by atoms with Gasteiger partial charge >= 0.3 is 5.97 Å². The molecule has 2 rings (SSSR count). The lowest BCUT2D eigenvalue weighted by atomic mass is 10.1. The second-order valence-electron chi connectivity index (χ2n) is 5.01. The third-order valence-corrected chi connectivity index (χ3v) is 3.86. The minimum atomic E-state index is -1.19. The molecule has 0 aromatic heterocycles. The van der Waals surface area contributed by atoms with E-state index in [0.717, 1.165) is 23.8 Å². The zero-order valence-electron chi connectivity index (χ0n) is 11.1. The summed E-state index contributed by atoms with van der Waals surface area (Å²) in [6.07, 6.45) is 3.09. The zero-order chi connectivity index (χ0) is 15.6. The van der Waals surface area contributed by atoms with Crippen LogP contribution in [0.15, 0.2) is 12.1 Å². The van der Waals surface area contributed by atoms with E-state index in [9.17, 15) is 18.4 Å². The fourth-order valence-electron chi connectivity index (χ4n) is 2.57. The second-order valence-corrected chi connectivity index (χ2v) is 5.42. The van der Waals surface area contributed by atoms with E-state index >= 15 is 0 Å². The molecule has 0 spiro atoms. The van der Waals surface area contributed by atoms with Gasteiger partial charge < -0.3 is 10.0 Å². The standard InChI is InChI=1S/C14H14ClF2NO3/c15-10-6-11(16)9(5-12(10)17)14(21)18(7-13(19)20)8-3-1-2-4-8/h5-6,8H,1-4,7H2,(H,19,20). The van der Waals surface area contributed by atoms with E-state index in [-0.39, 0.29) is 6.04 Å².